The van der Waals surface area contributed by atoms with Gasteiger partial charge in [-0.1, -0.05) is 12.1 Å². The molecule has 1 amide bonds. The quantitative estimate of drug-likeness (QED) is 0.455. The van der Waals surface area contributed by atoms with Gasteiger partial charge in [-0.25, -0.2) is 0 Å². The maximum absolute atomic E-state index is 12.7. The van der Waals surface area contributed by atoms with Crippen molar-refractivity contribution in [3.8, 4) is 5.75 Å². The average Bonchev–Trinajstić information content (AvgIpc) is 3.15. The summed E-state index contributed by atoms with van der Waals surface area (Å²) in [5.74, 6) is 0.489. The Balaban J connectivity index is 1.61. The molecule has 0 aliphatic heterocycles. The van der Waals surface area contributed by atoms with Crippen molar-refractivity contribution >= 4 is 17.3 Å². The van der Waals surface area contributed by atoms with Crippen LogP contribution >= 0.6 is 0 Å². The van der Waals surface area contributed by atoms with Gasteiger partial charge in [-0.3, -0.25) is 9.89 Å². The molecule has 0 saturated heterocycles. The minimum atomic E-state index is -0.277. The molecule has 2 aromatic rings. The summed E-state index contributed by atoms with van der Waals surface area (Å²) < 4.78 is 5.68. The van der Waals surface area contributed by atoms with Crippen LogP contribution in [0.2, 0.25) is 0 Å². The zero-order chi connectivity index (χ0) is 19.8. The Morgan fingerprint density at radius 1 is 1.25 bits per heavy atom. The number of hydrogen-bond donors (Lipinski definition) is 3. The lowest BCUT2D eigenvalue weighted by atomic mass is 9.93. The van der Waals surface area contributed by atoms with Gasteiger partial charge in [0.25, 0.3) is 5.91 Å². The van der Waals surface area contributed by atoms with E-state index in [-0.39, 0.29) is 5.91 Å². The number of aromatic amines is 1. The van der Waals surface area contributed by atoms with Crippen LogP contribution in [0.25, 0.3) is 0 Å². The summed E-state index contributed by atoms with van der Waals surface area (Å²) in [6, 6.07) is 7.31. The fourth-order valence-electron chi connectivity index (χ4n) is 3.16. The van der Waals surface area contributed by atoms with E-state index < -0.39 is 0 Å². The summed E-state index contributed by atoms with van der Waals surface area (Å²) in [7, 11) is 1.50. The zero-order valence-corrected chi connectivity index (χ0v) is 16.4. The lowest BCUT2D eigenvalue weighted by Crippen LogP contribution is -2.21. The summed E-state index contributed by atoms with van der Waals surface area (Å²) >= 11 is 0. The monoisotopic (exact) mass is 385 g/mol. The van der Waals surface area contributed by atoms with Crippen LogP contribution in [-0.4, -0.2) is 48.6 Å². The molecule has 0 saturated carbocycles. The van der Waals surface area contributed by atoms with E-state index in [1.807, 2.05) is 24.3 Å². The van der Waals surface area contributed by atoms with Crippen LogP contribution in [0.15, 0.2) is 29.4 Å². The maximum Gasteiger partial charge on any atom is 0.276 e. The highest BCUT2D eigenvalue weighted by molar-refractivity contribution is 6.14. The molecule has 0 radical (unpaired) electrons. The smallest absolute Gasteiger partial charge is 0.276 e. The number of aromatic nitrogens is 2. The molecule has 1 aliphatic rings. The summed E-state index contributed by atoms with van der Waals surface area (Å²) in [6.07, 6.45) is 3.66. The molecule has 0 fully saturated rings. The van der Waals surface area contributed by atoms with Gasteiger partial charge in [0.1, 0.15) is 19.5 Å². The molecule has 3 rings (SSSR count). The molecule has 0 unspecified atom stereocenters. The van der Waals surface area contributed by atoms with Crippen LogP contribution in [0, 0.1) is 0 Å². The first-order valence-electron chi connectivity index (χ1n) is 9.65. The number of benzene rings is 1. The van der Waals surface area contributed by atoms with Gasteiger partial charge >= 0.3 is 0 Å². The topological polar surface area (TPSA) is 101 Å². The molecule has 1 aromatic carbocycles. The average molecular weight is 385 g/mol. The van der Waals surface area contributed by atoms with E-state index in [0.29, 0.717) is 18.0 Å². The highest BCUT2D eigenvalue weighted by Crippen LogP contribution is 2.24. The Morgan fingerprint density at radius 2 is 2.07 bits per heavy atom. The number of ether oxygens (including phenoxy) is 1. The van der Waals surface area contributed by atoms with Gasteiger partial charge in [0.05, 0.1) is 11.3 Å². The Hall–Kier alpha value is -2.87. The molecule has 150 valence electrons. The van der Waals surface area contributed by atoms with Crippen molar-refractivity contribution in [2.45, 2.75) is 32.6 Å². The van der Waals surface area contributed by atoms with Crippen molar-refractivity contribution in [1.29, 1.82) is 0 Å². The number of nitrogens with zero attached hydrogens (tertiary/aromatic N) is 2. The number of carbonyl (C=O) groups excluding carboxylic acids is 1. The number of nitrogens with one attached hydrogen (secondary N) is 3. The summed E-state index contributed by atoms with van der Waals surface area (Å²) in [5, 5.41) is 17.4. The van der Waals surface area contributed by atoms with Crippen molar-refractivity contribution < 1.29 is 14.4 Å². The predicted octanol–water partition coefficient (Wildman–Crippen LogP) is 2.73. The molecule has 8 nitrogen and oxygen atoms in total. The number of H-pyrrole nitrogens is 1. The van der Waals surface area contributed by atoms with E-state index in [4.69, 9.17) is 9.57 Å². The standard InChI is InChI=1S/C20H27N5O3/c1-3-11-21-12-13-28-15-9-7-14(8-10-15)22-20(26)19-18-16(23-24-19)5-4-6-17(18)25-27-2/h7-10,21H,3-6,11-13H2,1-2H3,(H,22,26)(H,23,24)/b25-17+. The third kappa shape index (κ3) is 4.89. The van der Waals surface area contributed by atoms with E-state index in [1.165, 1.54) is 7.11 Å². The largest absolute Gasteiger partial charge is 0.492 e. The van der Waals surface area contributed by atoms with E-state index in [0.717, 1.165) is 61.5 Å². The van der Waals surface area contributed by atoms with Crippen molar-refractivity contribution in [2.75, 3.05) is 32.1 Å². The molecule has 8 heteroatoms. The second-order valence-corrected chi connectivity index (χ2v) is 6.58. The first-order chi connectivity index (χ1) is 13.7. The fraction of sp³-hybridized carbons (Fsp3) is 0.450. The Kier molecular flexibility index (Phi) is 7.02. The van der Waals surface area contributed by atoms with Gasteiger partial charge in [-0.05, 0) is 56.5 Å². The molecule has 3 N–H and O–H groups in total. The molecule has 1 aliphatic carbocycles. The number of aryl methyl sites for hydroxylation is 1. The molecule has 1 heterocycles. The second kappa shape index (κ2) is 9.89. The first-order valence-corrected chi connectivity index (χ1v) is 9.65. The number of amides is 1. The summed E-state index contributed by atoms with van der Waals surface area (Å²) in [6.45, 7) is 4.53. The van der Waals surface area contributed by atoms with Gasteiger partial charge in [0.15, 0.2) is 5.69 Å². The van der Waals surface area contributed by atoms with Crippen LogP contribution in [0.4, 0.5) is 5.69 Å². The fourth-order valence-corrected chi connectivity index (χ4v) is 3.16. The number of rotatable bonds is 9. The van der Waals surface area contributed by atoms with Crippen LogP contribution in [0.5, 0.6) is 5.75 Å². The highest BCUT2D eigenvalue weighted by atomic mass is 16.6. The SMILES string of the molecule is CCCNCCOc1ccc(NC(=O)c2n[nH]c3c2/C(=N/OC)CCC3)cc1. The van der Waals surface area contributed by atoms with Gasteiger partial charge in [-0.2, -0.15) is 5.10 Å². The Bertz CT molecular complexity index is 814. The van der Waals surface area contributed by atoms with E-state index >= 15 is 0 Å². The summed E-state index contributed by atoms with van der Waals surface area (Å²) in [5.41, 5.74) is 3.45. The van der Waals surface area contributed by atoms with Gasteiger partial charge in [0.2, 0.25) is 0 Å². The minimum absolute atomic E-state index is 0.277. The highest BCUT2D eigenvalue weighted by Gasteiger charge is 2.27. The van der Waals surface area contributed by atoms with Gasteiger partial charge < -0.3 is 20.2 Å². The summed E-state index contributed by atoms with van der Waals surface area (Å²) in [4.78, 5) is 17.6. The first kappa shape index (κ1) is 19.9. The predicted molar refractivity (Wildman–Crippen MR) is 108 cm³/mol. The minimum Gasteiger partial charge on any atom is -0.492 e. The molecule has 0 atom stereocenters. The molecule has 28 heavy (non-hydrogen) atoms. The molecule has 0 bridgehead atoms. The number of anilines is 1. The third-order valence-electron chi connectivity index (χ3n) is 4.47. The van der Waals surface area contributed by atoms with Crippen molar-refractivity contribution in [1.82, 2.24) is 15.5 Å². The van der Waals surface area contributed by atoms with Crippen molar-refractivity contribution in [3.63, 3.8) is 0 Å². The Morgan fingerprint density at radius 3 is 2.82 bits per heavy atom. The van der Waals surface area contributed by atoms with E-state index in [9.17, 15) is 4.79 Å². The molecule has 1 aromatic heterocycles. The number of oxime groups is 1. The van der Waals surface area contributed by atoms with Gasteiger partial charge in [-0.15, -0.1) is 0 Å². The molecule has 0 spiro atoms. The number of carbonyl (C=O) groups is 1. The zero-order valence-electron chi connectivity index (χ0n) is 16.4. The van der Waals surface area contributed by atoms with E-state index in [1.54, 1.807) is 0 Å². The Labute approximate surface area is 164 Å². The maximum atomic E-state index is 12.7. The van der Waals surface area contributed by atoms with Crippen molar-refractivity contribution in [2.24, 2.45) is 5.16 Å². The van der Waals surface area contributed by atoms with Crippen LogP contribution in [-0.2, 0) is 11.3 Å². The normalized spacial score (nSPS) is 14.6. The van der Waals surface area contributed by atoms with Crippen LogP contribution in [0.3, 0.4) is 0 Å². The van der Waals surface area contributed by atoms with Crippen LogP contribution in [0.1, 0.15) is 47.9 Å². The van der Waals surface area contributed by atoms with Crippen LogP contribution < -0.4 is 15.4 Å². The molecular formula is C20H27N5O3. The molecular weight excluding hydrogens is 358 g/mol. The number of fused-ring (bicyclic) bond motifs is 1. The van der Waals surface area contributed by atoms with Gasteiger partial charge in [0, 0.05) is 17.9 Å². The lowest BCUT2D eigenvalue weighted by molar-refractivity contribution is 0.102. The third-order valence-corrected chi connectivity index (χ3v) is 4.47. The lowest BCUT2D eigenvalue weighted by Gasteiger charge is -2.13. The van der Waals surface area contributed by atoms with Crippen molar-refractivity contribution in [3.05, 3.63) is 41.2 Å². The van der Waals surface area contributed by atoms with E-state index in [2.05, 4.69) is 32.9 Å². The number of hydrogen-bond acceptors (Lipinski definition) is 6. The second-order valence-electron chi connectivity index (χ2n) is 6.58.